The summed E-state index contributed by atoms with van der Waals surface area (Å²) >= 11 is 0. The highest BCUT2D eigenvalue weighted by Crippen LogP contribution is 2.32. The number of fused-ring (bicyclic) bond motifs is 1. The summed E-state index contributed by atoms with van der Waals surface area (Å²) < 4.78 is 19.1. The summed E-state index contributed by atoms with van der Waals surface area (Å²) in [6.45, 7) is 0. The molecule has 1 amide bonds. The number of primary amides is 1. The van der Waals surface area contributed by atoms with Crippen LogP contribution in [0.3, 0.4) is 0 Å². The van der Waals surface area contributed by atoms with Crippen molar-refractivity contribution in [1.29, 1.82) is 0 Å². The van der Waals surface area contributed by atoms with Crippen molar-refractivity contribution in [2.75, 3.05) is 5.73 Å². The van der Waals surface area contributed by atoms with E-state index < -0.39 is 5.91 Å². The van der Waals surface area contributed by atoms with E-state index in [1.165, 1.54) is 6.07 Å². The van der Waals surface area contributed by atoms with Crippen molar-refractivity contribution in [3.05, 3.63) is 54.0 Å². The minimum Gasteiger partial charge on any atom is -0.449 e. The average Bonchev–Trinajstić information content (AvgIpc) is 2.76. The maximum atomic E-state index is 13.8. The molecule has 3 aromatic rings. The van der Waals surface area contributed by atoms with Gasteiger partial charge in [-0.1, -0.05) is 24.3 Å². The van der Waals surface area contributed by atoms with E-state index in [1.54, 1.807) is 36.4 Å². The van der Waals surface area contributed by atoms with Gasteiger partial charge >= 0.3 is 0 Å². The maximum Gasteiger partial charge on any atom is 0.286 e. The molecule has 0 aliphatic rings. The van der Waals surface area contributed by atoms with Gasteiger partial charge in [0.2, 0.25) is 5.76 Å². The van der Waals surface area contributed by atoms with Gasteiger partial charge < -0.3 is 15.9 Å². The fourth-order valence-electron chi connectivity index (χ4n) is 2.16. The number of nitrogens with two attached hydrogens (primary N) is 2. The summed E-state index contributed by atoms with van der Waals surface area (Å²) in [5.74, 6) is -1.14. The number of carbonyl (C=O) groups is 1. The standard InChI is InChI=1S/C15H11FN2O2/c16-11-4-2-1-3-9(11)8-5-6-12-10(7-8)13(17)14(20-12)15(18)19/h1-7H,17H2,(H2,18,19). The van der Waals surface area contributed by atoms with E-state index in [2.05, 4.69) is 0 Å². The van der Waals surface area contributed by atoms with E-state index in [0.717, 1.165) is 0 Å². The Morgan fingerprint density at radius 1 is 1.15 bits per heavy atom. The van der Waals surface area contributed by atoms with Crippen LogP contribution in [0.1, 0.15) is 10.6 Å². The molecule has 0 bridgehead atoms. The predicted octanol–water partition coefficient (Wildman–Crippen LogP) is 2.92. The van der Waals surface area contributed by atoms with Crippen molar-refractivity contribution in [2.24, 2.45) is 5.73 Å². The Kier molecular flexibility index (Phi) is 2.68. The van der Waals surface area contributed by atoms with Crippen molar-refractivity contribution in [3.63, 3.8) is 0 Å². The third kappa shape index (κ3) is 1.80. The number of amides is 1. The number of benzene rings is 2. The minimum absolute atomic E-state index is 0.0781. The Balaban J connectivity index is 2.23. The molecule has 2 aromatic carbocycles. The van der Waals surface area contributed by atoms with E-state index >= 15 is 0 Å². The first kappa shape index (κ1) is 12.2. The number of furan rings is 1. The van der Waals surface area contributed by atoms with Gasteiger partial charge in [-0.05, 0) is 23.8 Å². The Bertz CT molecular complexity index is 824. The van der Waals surface area contributed by atoms with Gasteiger partial charge in [-0.2, -0.15) is 0 Å². The third-order valence-corrected chi connectivity index (χ3v) is 3.14. The molecule has 0 saturated heterocycles. The Morgan fingerprint density at radius 2 is 1.90 bits per heavy atom. The molecule has 5 heteroatoms. The van der Waals surface area contributed by atoms with Gasteiger partial charge in [0.25, 0.3) is 5.91 Å². The van der Waals surface area contributed by atoms with E-state index in [4.69, 9.17) is 15.9 Å². The molecule has 100 valence electrons. The van der Waals surface area contributed by atoms with Crippen molar-refractivity contribution >= 4 is 22.6 Å². The number of halogens is 1. The number of anilines is 1. The van der Waals surface area contributed by atoms with Gasteiger partial charge in [0.05, 0.1) is 5.69 Å². The van der Waals surface area contributed by atoms with Crippen LogP contribution in [0.4, 0.5) is 10.1 Å². The largest absolute Gasteiger partial charge is 0.449 e. The molecular weight excluding hydrogens is 259 g/mol. The van der Waals surface area contributed by atoms with Crippen LogP contribution in [0.5, 0.6) is 0 Å². The molecule has 4 nitrogen and oxygen atoms in total. The number of rotatable bonds is 2. The molecule has 0 fully saturated rings. The lowest BCUT2D eigenvalue weighted by Gasteiger charge is -2.03. The highest BCUT2D eigenvalue weighted by atomic mass is 19.1. The molecule has 20 heavy (non-hydrogen) atoms. The van der Waals surface area contributed by atoms with Gasteiger partial charge in [-0.25, -0.2) is 4.39 Å². The van der Waals surface area contributed by atoms with Crippen LogP contribution in [-0.2, 0) is 0 Å². The molecule has 0 aliphatic carbocycles. The summed E-state index contributed by atoms with van der Waals surface area (Å²) in [6.07, 6.45) is 0. The average molecular weight is 270 g/mol. The summed E-state index contributed by atoms with van der Waals surface area (Å²) in [7, 11) is 0. The van der Waals surface area contributed by atoms with E-state index in [9.17, 15) is 9.18 Å². The molecule has 0 aliphatic heterocycles. The summed E-state index contributed by atoms with van der Waals surface area (Å²) in [5.41, 5.74) is 12.7. The topological polar surface area (TPSA) is 82.2 Å². The number of hydrogen-bond acceptors (Lipinski definition) is 3. The molecule has 0 saturated carbocycles. The van der Waals surface area contributed by atoms with Crippen LogP contribution in [-0.4, -0.2) is 5.91 Å². The van der Waals surface area contributed by atoms with Crippen molar-refractivity contribution in [2.45, 2.75) is 0 Å². The van der Waals surface area contributed by atoms with Gasteiger partial charge in [-0.15, -0.1) is 0 Å². The fraction of sp³-hybridized carbons (Fsp3) is 0. The lowest BCUT2D eigenvalue weighted by atomic mass is 10.0. The summed E-state index contributed by atoms with van der Waals surface area (Å²) in [6, 6.07) is 11.4. The molecule has 0 radical (unpaired) electrons. The normalized spacial score (nSPS) is 10.8. The smallest absolute Gasteiger partial charge is 0.286 e. The molecule has 1 aromatic heterocycles. The second-order valence-electron chi connectivity index (χ2n) is 4.40. The van der Waals surface area contributed by atoms with E-state index in [-0.39, 0.29) is 17.3 Å². The molecule has 1 heterocycles. The summed E-state index contributed by atoms with van der Waals surface area (Å²) in [5, 5.41) is 0.541. The van der Waals surface area contributed by atoms with Crippen LogP contribution in [0.15, 0.2) is 46.9 Å². The minimum atomic E-state index is -0.730. The molecule has 4 N–H and O–H groups in total. The quantitative estimate of drug-likeness (QED) is 0.751. The third-order valence-electron chi connectivity index (χ3n) is 3.14. The van der Waals surface area contributed by atoms with Crippen LogP contribution >= 0.6 is 0 Å². The highest BCUT2D eigenvalue weighted by molar-refractivity contribution is 6.05. The zero-order valence-electron chi connectivity index (χ0n) is 10.4. The van der Waals surface area contributed by atoms with Crippen LogP contribution in [0, 0.1) is 5.82 Å². The van der Waals surface area contributed by atoms with Crippen molar-refractivity contribution in [3.8, 4) is 11.1 Å². The first-order valence-corrected chi connectivity index (χ1v) is 5.94. The molecule has 3 rings (SSSR count). The highest BCUT2D eigenvalue weighted by Gasteiger charge is 2.16. The Labute approximate surface area is 113 Å². The first-order valence-electron chi connectivity index (χ1n) is 5.94. The second kappa shape index (κ2) is 4.38. The monoisotopic (exact) mass is 270 g/mol. The van der Waals surface area contributed by atoms with Crippen LogP contribution < -0.4 is 11.5 Å². The number of hydrogen-bond donors (Lipinski definition) is 2. The predicted molar refractivity (Wildman–Crippen MR) is 74.5 cm³/mol. The zero-order valence-corrected chi connectivity index (χ0v) is 10.4. The molecule has 0 atom stereocenters. The SMILES string of the molecule is NC(=O)c1oc2ccc(-c3ccccc3F)cc2c1N. The Hall–Kier alpha value is -2.82. The maximum absolute atomic E-state index is 13.8. The number of nitrogen functional groups attached to an aromatic ring is 1. The van der Waals surface area contributed by atoms with Gasteiger partial charge in [0.15, 0.2) is 0 Å². The van der Waals surface area contributed by atoms with Crippen molar-refractivity contribution in [1.82, 2.24) is 0 Å². The number of carbonyl (C=O) groups excluding carboxylic acids is 1. The second-order valence-corrected chi connectivity index (χ2v) is 4.40. The summed E-state index contributed by atoms with van der Waals surface area (Å²) in [4.78, 5) is 11.2. The van der Waals surface area contributed by atoms with Gasteiger partial charge in [0, 0.05) is 10.9 Å². The van der Waals surface area contributed by atoms with E-state index in [1.807, 2.05) is 0 Å². The molecule has 0 spiro atoms. The van der Waals surface area contributed by atoms with Gasteiger partial charge in [0.1, 0.15) is 11.4 Å². The van der Waals surface area contributed by atoms with E-state index in [0.29, 0.717) is 22.1 Å². The van der Waals surface area contributed by atoms with Crippen molar-refractivity contribution < 1.29 is 13.6 Å². The lowest BCUT2D eigenvalue weighted by molar-refractivity contribution is 0.0977. The Morgan fingerprint density at radius 3 is 2.60 bits per heavy atom. The molecule has 0 unspecified atom stereocenters. The van der Waals surface area contributed by atoms with Gasteiger partial charge in [-0.3, -0.25) is 4.79 Å². The fourth-order valence-corrected chi connectivity index (χ4v) is 2.16. The van der Waals surface area contributed by atoms with Crippen LogP contribution in [0.25, 0.3) is 22.1 Å². The first-order chi connectivity index (χ1) is 9.58. The lowest BCUT2D eigenvalue weighted by Crippen LogP contribution is -2.11. The molecular formula is C15H11FN2O2. The zero-order chi connectivity index (χ0) is 14.3. The van der Waals surface area contributed by atoms with Crippen LogP contribution in [0.2, 0.25) is 0 Å².